The zero-order chi connectivity index (χ0) is 18.3. The lowest BCUT2D eigenvalue weighted by molar-refractivity contribution is -0.0518. The minimum absolute atomic E-state index is 0.0601. The molecule has 9 heteroatoms. The smallest absolute Gasteiger partial charge is 0.351 e. The molecular formula is C15H26FN3O4Si. The first-order valence-electron chi connectivity index (χ1n) is 7.94. The number of nitrogen functional groups attached to an aromatic ring is 1. The van der Waals surface area contributed by atoms with Gasteiger partial charge in [0, 0.05) is 6.42 Å². The summed E-state index contributed by atoms with van der Waals surface area (Å²) in [4.78, 5) is 15.3. The molecule has 1 fully saturated rings. The van der Waals surface area contributed by atoms with Crippen molar-refractivity contribution in [1.29, 1.82) is 0 Å². The highest BCUT2D eigenvalue weighted by atomic mass is 28.4. The van der Waals surface area contributed by atoms with E-state index in [1.165, 1.54) is 0 Å². The van der Waals surface area contributed by atoms with E-state index in [1.807, 2.05) is 0 Å². The van der Waals surface area contributed by atoms with Crippen LogP contribution in [0.25, 0.3) is 0 Å². The van der Waals surface area contributed by atoms with Crippen molar-refractivity contribution < 1.29 is 18.7 Å². The average molecular weight is 359 g/mol. The molecule has 7 nitrogen and oxygen atoms in total. The van der Waals surface area contributed by atoms with E-state index in [1.54, 1.807) is 0 Å². The second-order valence-electron chi connectivity index (χ2n) is 7.69. The van der Waals surface area contributed by atoms with Gasteiger partial charge in [-0.15, -0.1) is 0 Å². The molecule has 1 aliphatic rings. The van der Waals surface area contributed by atoms with Crippen LogP contribution < -0.4 is 11.4 Å². The molecule has 1 aromatic rings. The van der Waals surface area contributed by atoms with Gasteiger partial charge in [-0.25, -0.2) is 9.18 Å². The van der Waals surface area contributed by atoms with Gasteiger partial charge in [0.05, 0.1) is 18.9 Å². The van der Waals surface area contributed by atoms with Gasteiger partial charge >= 0.3 is 5.69 Å². The third-order valence-electron chi connectivity index (χ3n) is 4.81. The maximum absolute atomic E-state index is 13.6. The molecule has 3 N–H and O–H groups in total. The second-order valence-corrected chi connectivity index (χ2v) is 12.5. The Labute approximate surface area is 141 Å². The first-order chi connectivity index (χ1) is 10.9. The Morgan fingerprint density at radius 1 is 1.54 bits per heavy atom. The maximum Gasteiger partial charge on any atom is 0.351 e. The van der Waals surface area contributed by atoms with E-state index < -0.39 is 38.0 Å². The number of halogens is 1. The minimum atomic E-state index is -1.94. The molecule has 3 atom stereocenters. The molecule has 2 heterocycles. The molecule has 0 radical (unpaired) electrons. The molecule has 0 bridgehead atoms. The van der Waals surface area contributed by atoms with Gasteiger partial charge in [-0.2, -0.15) is 4.98 Å². The fourth-order valence-electron chi connectivity index (χ4n) is 2.25. The van der Waals surface area contributed by atoms with Crippen LogP contribution >= 0.6 is 0 Å². The number of aliphatic hydroxyl groups is 1. The number of aromatic nitrogens is 2. The quantitative estimate of drug-likeness (QED) is 0.793. The lowest BCUT2D eigenvalue weighted by atomic mass is 10.2. The standard InChI is InChI=1S/C15H26FN3O4Si/c1-15(2,3)24(4,5)22-8-9-6-11(20)13(23-9)19-7-10(16)12(17)18-14(19)21/h7,9,11,13,20H,6,8H2,1-5H3,(H2,17,18,21)/t9-,11-,13+/m1/s1. The summed E-state index contributed by atoms with van der Waals surface area (Å²) in [5.74, 6) is -1.30. The molecule has 0 amide bonds. The van der Waals surface area contributed by atoms with Crippen LogP contribution in [-0.4, -0.2) is 41.8 Å². The molecule has 1 aliphatic heterocycles. The van der Waals surface area contributed by atoms with Crippen LogP contribution in [0.5, 0.6) is 0 Å². The predicted octanol–water partition coefficient (Wildman–Crippen LogP) is 1.63. The number of anilines is 1. The first kappa shape index (κ1) is 19.0. The van der Waals surface area contributed by atoms with E-state index in [-0.39, 0.29) is 11.1 Å². The van der Waals surface area contributed by atoms with E-state index in [0.717, 1.165) is 10.8 Å². The second kappa shape index (κ2) is 6.55. The van der Waals surface area contributed by atoms with Crippen LogP contribution in [0.3, 0.4) is 0 Å². The summed E-state index contributed by atoms with van der Waals surface area (Å²) in [6, 6.07) is 0. The van der Waals surface area contributed by atoms with Crippen molar-refractivity contribution in [2.75, 3.05) is 12.3 Å². The molecule has 1 saturated heterocycles. The summed E-state index contributed by atoms with van der Waals surface area (Å²) in [6.45, 7) is 11.0. The van der Waals surface area contributed by atoms with Gasteiger partial charge in [0.2, 0.25) is 0 Å². The van der Waals surface area contributed by atoms with Gasteiger partial charge in [-0.1, -0.05) is 20.8 Å². The third kappa shape index (κ3) is 3.85. The Morgan fingerprint density at radius 2 is 2.17 bits per heavy atom. The zero-order valence-electron chi connectivity index (χ0n) is 14.7. The molecule has 1 aromatic heterocycles. The van der Waals surface area contributed by atoms with E-state index in [4.69, 9.17) is 14.9 Å². The summed E-state index contributed by atoms with van der Waals surface area (Å²) in [5.41, 5.74) is 4.51. The highest BCUT2D eigenvalue weighted by Crippen LogP contribution is 2.37. The molecule has 0 aromatic carbocycles. The lowest BCUT2D eigenvalue weighted by Crippen LogP contribution is -2.42. The molecule has 0 aliphatic carbocycles. The Kier molecular flexibility index (Phi) is 5.19. The molecule has 24 heavy (non-hydrogen) atoms. The predicted molar refractivity (Wildman–Crippen MR) is 90.6 cm³/mol. The van der Waals surface area contributed by atoms with Gasteiger partial charge in [0.1, 0.15) is 6.10 Å². The summed E-state index contributed by atoms with van der Waals surface area (Å²) in [7, 11) is -1.94. The summed E-state index contributed by atoms with van der Waals surface area (Å²) >= 11 is 0. The van der Waals surface area contributed by atoms with Crippen molar-refractivity contribution in [3.8, 4) is 0 Å². The monoisotopic (exact) mass is 359 g/mol. The van der Waals surface area contributed by atoms with Crippen molar-refractivity contribution >= 4 is 14.1 Å². The fourth-order valence-corrected chi connectivity index (χ4v) is 3.28. The van der Waals surface area contributed by atoms with Gasteiger partial charge < -0.3 is 20.0 Å². The number of nitrogens with two attached hydrogens (primary N) is 1. The molecule has 2 rings (SSSR count). The number of hydrogen-bond donors (Lipinski definition) is 2. The Bertz CT molecular complexity index is 659. The van der Waals surface area contributed by atoms with Crippen molar-refractivity contribution in [3.63, 3.8) is 0 Å². The van der Waals surface area contributed by atoms with Crippen molar-refractivity contribution in [2.24, 2.45) is 0 Å². The number of hydrogen-bond acceptors (Lipinski definition) is 6. The summed E-state index contributed by atoms with van der Waals surface area (Å²) in [6.07, 6.45) is -1.09. The topological polar surface area (TPSA) is 99.6 Å². The largest absolute Gasteiger partial charge is 0.414 e. The van der Waals surface area contributed by atoms with Crippen LogP contribution in [-0.2, 0) is 9.16 Å². The summed E-state index contributed by atoms with van der Waals surface area (Å²) in [5, 5.41) is 10.2. The van der Waals surface area contributed by atoms with Crippen LogP contribution in [0.15, 0.2) is 11.0 Å². The third-order valence-corrected chi connectivity index (χ3v) is 9.31. The fraction of sp³-hybridized carbons (Fsp3) is 0.733. The molecular weight excluding hydrogens is 333 g/mol. The molecule has 136 valence electrons. The Morgan fingerprint density at radius 3 is 2.75 bits per heavy atom. The Hall–Kier alpha value is -1.29. The highest BCUT2D eigenvalue weighted by Gasteiger charge is 2.41. The van der Waals surface area contributed by atoms with E-state index in [9.17, 15) is 14.3 Å². The van der Waals surface area contributed by atoms with Crippen molar-refractivity contribution in [1.82, 2.24) is 9.55 Å². The number of rotatable bonds is 4. The van der Waals surface area contributed by atoms with E-state index >= 15 is 0 Å². The molecule has 0 unspecified atom stereocenters. The van der Waals surface area contributed by atoms with E-state index in [2.05, 4.69) is 38.8 Å². The Balaban J connectivity index is 2.08. The van der Waals surface area contributed by atoms with Crippen LogP contribution in [0.1, 0.15) is 33.4 Å². The van der Waals surface area contributed by atoms with Crippen molar-refractivity contribution in [2.45, 2.75) is 63.8 Å². The molecule has 0 saturated carbocycles. The lowest BCUT2D eigenvalue weighted by Gasteiger charge is -2.36. The van der Waals surface area contributed by atoms with Gasteiger partial charge in [-0.05, 0) is 18.1 Å². The number of ether oxygens (including phenoxy) is 1. The van der Waals surface area contributed by atoms with Gasteiger partial charge in [0.15, 0.2) is 26.2 Å². The number of aliphatic hydroxyl groups excluding tert-OH is 1. The van der Waals surface area contributed by atoms with Crippen LogP contribution in [0.2, 0.25) is 18.1 Å². The number of nitrogens with zero attached hydrogens (tertiary/aromatic N) is 2. The molecule has 0 spiro atoms. The van der Waals surface area contributed by atoms with Crippen LogP contribution in [0, 0.1) is 5.82 Å². The average Bonchev–Trinajstić information content (AvgIpc) is 2.80. The highest BCUT2D eigenvalue weighted by molar-refractivity contribution is 6.74. The summed E-state index contributed by atoms with van der Waals surface area (Å²) < 4.78 is 26.3. The zero-order valence-corrected chi connectivity index (χ0v) is 15.7. The minimum Gasteiger partial charge on any atom is -0.414 e. The van der Waals surface area contributed by atoms with E-state index in [0.29, 0.717) is 13.0 Å². The van der Waals surface area contributed by atoms with Gasteiger partial charge in [-0.3, -0.25) is 4.57 Å². The first-order valence-corrected chi connectivity index (χ1v) is 10.8. The normalized spacial score (nSPS) is 25.2. The van der Waals surface area contributed by atoms with Crippen LogP contribution in [0.4, 0.5) is 10.2 Å². The van der Waals surface area contributed by atoms with Gasteiger partial charge in [0.25, 0.3) is 0 Å². The SMILES string of the molecule is CC(C)(C)[Si](C)(C)OC[C@H]1C[C@@H](O)[C@@H](n2cc(F)c(N)nc2=O)O1. The maximum atomic E-state index is 13.6. The van der Waals surface area contributed by atoms with Crippen molar-refractivity contribution in [3.05, 3.63) is 22.5 Å².